The van der Waals surface area contributed by atoms with Crippen molar-refractivity contribution in [2.24, 2.45) is 5.16 Å². The maximum Gasteiger partial charge on any atom is 0.437 e. The Morgan fingerprint density at radius 1 is 1.44 bits per heavy atom. The van der Waals surface area contributed by atoms with Crippen LogP contribution in [0, 0.1) is 0 Å². The minimum Gasteiger partial charge on any atom is -0.363 e. The van der Waals surface area contributed by atoms with E-state index in [-0.39, 0.29) is 0 Å². The van der Waals surface area contributed by atoms with Gasteiger partial charge in [-0.2, -0.15) is 0 Å². The fourth-order valence-electron chi connectivity index (χ4n) is 1.09. The number of anilines is 1. The number of oxime groups is 1. The normalized spacial score (nSPS) is 17.4. The molecule has 0 aliphatic carbocycles. The predicted octanol–water partition coefficient (Wildman–Crippen LogP) is 2.27. The monoisotopic (exact) mass is 238 g/mol. The van der Waals surface area contributed by atoms with E-state index in [1.54, 1.807) is 12.1 Å². The van der Waals surface area contributed by atoms with Crippen LogP contribution in [0.25, 0.3) is 0 Å². The van der Waals surface area contributed by atoms with Crippen LogP contribution in [-0.2, 0) is 9.57 Å². The number of carbonyl (C=O) groups is 1. The molecule has 0 saturated carbocycles. The molecule has 1 aliphatic heterocycles. The summed E-state index contributed by atoms with van der Waals surface area (Å²) in [4.78, 5) is 15.9. The molecule has 1 fully saturated rings. The highest BCUT2D eigenvalue weighted by Gasteiger charge is 2.11. The van der Waals surface area contributed by atoms with Crippen LogP contribution in [0.5, 0.6) is 0 Å². The van der Waals surface area contributed by atoms with Crippen molar-refractivity contribution in [3.05, 3.63) is 30.3 Å². The van der Waals surface area contributed by atoms with E-state index in [1.807, 2.05) is 18.2 Å². The molecule has 0 unspecified atom stereocenters. The van der Waals surface area contributed by atoms with Crippen LogP contribution in [-0.4, -0.2) is 23.7 Å². The summed E-state index contributed by atoms with van der Waals surface area (Å²) in [6.45, 7) is 0.406. The third-order valence-electron chi connectivity index (χ3n) is 1.78. The molecule has 0 radical (unpaired) electrons. The predicted molar refractivity (Wildman–Crippen MR) is 62.4 cm³/mol. The Labute approximate surface area is 96.8 Å². The largest absolute Gasteiger partial charge is 0.437 e. The summed E-state index contributed by atoms with van der Waals surface area (Å²) < 4.78 is 5.03. The lowest BCUT2D eigenvalue weighted by atomic mass is 10.3. The number of nitrogens with one attached hydrogen (secondary N) is 1. The molecule has 1 N–H and O–H groups in total. The van der Waals surface area contributed by atoms with Crippen LogP contribution < -0.4 is 5.32 Å². The van der Waals surface area contributed by atoms with Crippen molar-refractivity contribution < 1.29 is 14.4 Å². The van der Waals surface area contributed by atoms with E-state index in [0.29, 0.717) is 23.3 Å². The molecular weight excluding hydrogens is 228 g/mol. The average molecular weight is 238 g/mol. The Morgan fingerprint density at radius 3 is 2.94 bits per heavy atom. The van der Waals surface area contributed by atoms with Gasteiger partial charge in [0.1, 0.15) is 5.04 Å². The molecule has 5 nitrogen and oxygen atoms in total. The van der Waals surface area contributed by atoms with Crippen molar-refractivity contribution in [2.45, 2.75) is 0 Å². The number of thioether (sulfide) groups is 1. The first-order valence-electron chi connectivity index (χ1n) is 4.65. The van der Waals surface area contributed by atoms with Crippen LogP contribution in [0.15, 0.2) is 35.5 Å². The topological polar surface area (TPSA) is 59.9 Å². The summed E-state index contributed by atoms with van der Waals surface area (Å²) in [7, 11) is 0. The molecule has 1 aliphatic rings. The SMILES string of the molecule is O=C(Nc1ccccc1)O/N=C1/COCS1. The van der Waals surface area contributed by atoms with Crippen molar-refractivity contribution in [1.82, 2.24) is 0 Å². The molecule has 1 amide bonds. The quantitative estimate of drug-likeness (QED) is 0.634. The highest BCUT2D eigenvalue weighted by atomic mass is 32.2. The van der Waals surface area contributed by atoms with Crippen LogP contribution in [0.1, 0.15) is 0 Å². The third-order valence-corrected chi connectivity index (χ3v) is 2.60. The van der Waals surface area contributed by atoms with Gasteiger partial charge >= 0.3 is 6.09 Å². The van der Waals surface area contributed by atoms with Crippen LogP contribution in [0.3, 0.4) is 0 Å². The van der Waals surface area contributed by atoms with E-state index >= 15 is 0 Å². The summed E-state index contributed by atoms with van der Waals surface area (Å²) in [5, 5.41) is 6.88. The zero-order valence-corrected chi connectivity index (χ0v) is 9.20. The maximum atomic E-state index is 11.3. The van der Waals surface area contributed by atoms with Gasteiger partial charge in [0.2, 0.25) is 0 Å². The van der Waals surface area contributed by atoms with Crippen molar-refractivity contribution in [3.63, 3.8) is 0 Å². The van der Waals surface area contributed by atoms with Gasteiger partial charge < -0.3 is 4.74 Å². The van der Waals surface area contributed by atoms with E-state index in [1.165, 1.54) is 11.8 Å². The molecule has 6 heteroatoms. The number of carbonyl (C=O) groups excluding carboxylic acids is 1. The second-order valence-electron chi connectivity index (χ2n) is 2.97. The van der Waals surface area contributed by atoms with Gasteiger partial charge in [-0.15, -0.1) is 0 Å². The van der Waals surface area contributed by atoms with Crippen molar-refractivity contribution in [1.29, 1.82) is 0 Å². The first-order chi connectivity index (χ1) is 7.84. The second kappa shape index (κ2) is 5.53. The number of hydrogen-bond acceptors (Lipinski definition) is 5. The van der Waals surface area contributed by atoms with E-state index in [9.17, 15) is 4.79 Å². The van der Waals surface area contributed by atoms with Gasteiger partial charge in [-0.1, -0.05) is 35.1 Å². The average Bonchev–Trinajstić information content (AvgIpc) is 2.81. The molecule has 84 valence electrons. The van der Waals surface area contributed by atoms with Crippen molar-refractivity contribution >= 4 is 28.6 Å². The van der Waals surface area contributed by atoms with Crippen LogP contribution in [0.2, 0.25) is 0 Å². The lowest BCUT2D eigenvalue weighted by molar-refractivity contribution is 0.165. The lowest BCUT2D eigenvalue weighted by Gasteiger charge is -2.01. The molecule has 0 spiro atoms. The molecule has 0 bridgehead atoms. The molecule has 1 aromatic rings. The smallest absolute Gasteiger partial charge is 0.363 e. The summed E-state index contributed by atoms with van der Waals surface area (Å²) >= 11 is 1.41. The Bertz CT molecular complexity index is 386. The van der Waals surface area contributed by atoms with Gasteiger partial charge in [-0.25, -0.2) is 4.79 Å². The van der Waals surface area contributed by atoms with E-state index in [2.05, 4.69) is 15.3 Å². The van der Waals surface area contributed by atoms with Crippen molar-refractivity contribution in [3.8, 4) is 0 Å². The van der Waals surface area contributed by atoms with Gasteiger partial charge in [0.25, 0.3) is 0 Å². The Balaban J connectivity index is 1.82. The maximum absolute atomic E-state index is 11.3. The summed E-state index contributed by atoms with van der Waals surface area (Å²) in [6, 6.07) is 9.04. The number of rotatable bonds is 2. The van der Waals surface area contributed by atoms with Gasteiger partial charge in [0, 0.05) is 5.69 Å². The van der Waals surface area contributed by atoms with E-state index in [4.69, 9.17) is 4.74 Å². The fraction of sp³-hybridized carbons (Fsp3) is 0.200. The van der Waals surface area contributed by atoms with Gasteiger partial charge in [-0.3, -0.25) is 10.2 Å². The molecule has 1 aromatic carbocycles. The molecule has 0 atom stereocenters. The molecule has 16 heavy (non-hydrogen) atoms. The third kappa shape index (κ3) is 3.25. The number of para-hydroxylation sites is 1. The van der Waals surface area contributed by atoms with E-state index in [0.717, 1.165) is 0 Å². The van der Waals surface area contributed by atoms with Gasteiger partial charge in [0.15, 0.2) is 0 Å². The molecule has 2 rings (SSSR count). The molecule has 0 aromatic heterocycles. The first kappa shape index (κ1) is 11.0. The fourth-order valence-corrected chi connectivity index (χ4v) is 1.65. The molecular formula is C10H10N2O3S. The zero-order valence-electron chi connectivity index (χ0n) is 8.38. The van der Waals surface area contributed by atoms with E-state index < -0.39 is 6.09 Å². The second-order valence-corrected chi connectivity index (χ2v) is 3.96. The Morgan fingerprint density at radius 2 is 2.25 bits per heavy atom. The minimum absolute atomic E-state index is 0.406. The van der Waals surface area contributed by atoms with Crippen molar-refractivity contribution in [2.75, 3.05) is 17.9 Å². The summed E-state index contributed by atoms with van der Waals surface area (Å²) in [5.41, 5.74) is 0.669. The van der Waals surface area contributed by atoms with Gasteiger partial charge in [0.05, 0.1) is 12.5 Å². The highest BCUT2D eigenvalue weighted by molar-refractivity contribution is 8.14. The number of nitrogens with zero attached hydrogens (tertiary/aromatic N) is 1. The lowest BCUT2D eigenvalue weighted by Crippen LogP contribution is -2.11. The Hall–Kier alpha value is -1.53. The van der Waals surface area contributed by atoms with Crippen LogP contribution in [0.4, 0.5) is 10.5 Å². The van der Waals surface area contributed by atoms with Crippen LogP contribution >= 0.6 is 11.8 Å². The molecule has 1 saturated heterocycles. The highest BCUT2D eigenvalue weighted by Crippen LogP contribution is 2.13. The Kier molecular flexibility index (Phi) is 3.79. The minimum atomic E-state index is -0.605. The number of amides is 1. The number of benzene rings is 1. The van der Waals surface area contributed by atoms with Gasteiger partial charge in [-0.05, 0) is 12.1 Å². The first-order valence-corrected chi connectivity index (χ1v) is 5.63. The number of hydrogen-bond donors (Lipinski definition) is 1. The number of ether oxygens (including phenoxy) is 1. The standard InChI is InChI=1S/C10H10N2O3S/c13-10(11-8-4-2-1-3-5-8)15-12-9-6-14-7-16-9/h1-5H,6-7H2,(H,11,13)/b12-9-. The molecule has 1 heterocycles. The zero-order chi connectivity index (χ0) is 11.2. The summed E-state index contributed by atoms with van der Waals surface area (Å²) in [5.74, 6) is 0.558. The summed E-state index contributed by atoms with van der Waals surface area (Å²) in [6.07, 6.45) is -0.605.